The van der Waals surface area contributed by atoms with E-state index >= 15 is 0 Å². The zero-order chi connectivity index (χ0) is 18.0. The molecule has 0 spiro atoms. The highest BCUT2D eigenvalue weighted by Gasteiger charge is 2.17. The summed E-state index contributed by atoms with van der Waals surface area (Å²) in [5, 5.41) is 3.98. The molecule has 0 amide bonds. The number of rotatable bonds is 5. The molecular weight excluding hydrogens is 327 g/mol. The van der Waals surface area contributed by atoms with Crippen LogP contribution in [0, 0.1) is 12.7 Å². The Bertz CT molecular complexity index is 879. The molecule has 0 atom stereocenters. The lowest BCUT2D eigenvalue weighted by atomic mass is 10.1. The lowest BCUT2D eigenvalue weighted by Gasteiger charge is -2.12. The monoisotopic (exact) mass is 344 g/mol. The Balaban J connectivity index is 1.85. The van der Waals surface area contributed by atoms with Gasteiger partial charge in [-0.25, -0.2) is 4.39 Å². The molecule has 9 heteroatoms. The van der Waals surface area contributed by atoms with E-state index in [0.29, 0.717) is 34.5 Å². The lowest BCUT2D eigenvalue weighted by molar-refractivity contribution is 0.287. The molecule has 0 aliphatic rings. The molecule has 3 aromatic rings. The van der Waals surface area contributed by atoms with E-state index in [1.54, 1.807) is 38.1 Å². The van der Waals surface area contributed by atoms with E-state index in [-0.39, 0.29) is 18.4 Å². The van der Waals surface area contributed by atoms with Gasteiger partial charge in [0.2, 0.25) is 11.9 Å². The van der Waals surface area contributed by atoms with Crippen molar-refractivity contribution < 1.29 is 13.7 Å². The van der Waals surface area contributed by atoms with Gasteiger partial charge in [0.05, 0.1) is 0 Å². The van der Waals surface area contributed by atoms with E-state index in [1.807, 2.05) is 0 Å². The van der Waals surface area contributed by atoms with Crippen LogP contribution in [0.4, 0.5) is 16.3 Å². The second-order valence-corrected chi connectivity index (χ2v) is 5.52. The molecule has 25 heavy (non-hydrogen) atoms. The maximum absolute atomic E-state index is 13.1. The Kier molecular flexibility index (Phi) is 4.46. The van der Waals surface area contributed by atoms with Crippen LogP contribution < -0.4 is 15.4 Å². The number of nitrogen functional groups attached to an aromatic ring is 1. The van der Waals surface area contributed by atoms with Gasteiger partial charge in [-0.05, 0) is 24.3 Å². The van der Waals surface area contributed by atoms with Crippen molar-refractivity contribution in [3.8, 4) is 17.0 Å². The smallest absolute Gasteiger partial charge is 0.230 e. The number of nitrogens with two attached hydrogens (primary N) is 1. The SMILES string of the molecule is Cc1onc(-c2ccc(F)cc2)c1OCc1nc(N)nc(N(C)C)n1. The summed E-state index contributed by atoms with van der Waals surface area (Å²) >= 11 is 0. The largest absolute Gasteiger partial charge is 0.480 e. The standard InChI is InChI=1S/C16H17FN6O2/c1-9-14(13(22-25-9)10-4-6-11(17)7-5-10)24-8-12-19-15(18)21-16(20-12)23(2)3/h4-7H,8H2,1-3H3,(H2,18,19,20,21). The number of aryl methyl sites for hydroxylation is 1. The highest BCUT2D eigenvalue weighted by atomic mass is 19.1. The number of ether oxygens (including phenoxy) is 1. The average molecular weight is 344 g/mol. The van der Waals surface area contributed by atoms with Crippen LogP contribution >= 0.6 is 0 Å². The third-order valence-electron chi connectivity index (χ3n) is 3.36. The molecule has 0 aliphatic carbocycles. The molecule has 0 fully saturated rings. The van der Waals surface area contributed by atoms with Gasteiger partial charge in [0.15, 0.2) is 23.0 Å². The van der Waals surface area contributed by atoms with Gasteiger partial charge < -0.3 is 19.9 Å². The van der Waals surface area contributed by atoms with Gasteiger partial charge in [-0.3, -0.25) is 0 Å². The molecule has 8 nitrogen and oxygen atoms in total. The second kappa shape index (κ2) is 6.71. The molecule has 1 aromatic carbocycles. The number of hydrogen-bond acceptors (Lipinski definition) is 8. The van der Waals surface area contributed by atoms with Crippen LogP contribution in [-0.2, 0) is 6.61 Å². The molecule has 0 radical (unpaired) electrons. The Hall–Kier alpha value is -3.23. The van der Waals surface area contributed by atoms with Crippen molar-refractivity contribution in [3.63, 3.8) is 0 Å². The second-order valence-electron chi connectivity index (χ2n) is 5.52. The van der Waals surface area contributed by atoms with Gasteiger partial charge in [0.1, 0.15) is 12.4 Å². The predicted molar refractivity (Wildman–Crippen MR) is 89.5 cm³/mol. The van der Waals surface area contributed by atoms with Crippen LogP contribution in [0.25, 0.3) is 11.3 Å². The van der Waals surface area contributed by atoms with Crippen molar-refractivity contribution in [2.24, 2.45) is 0 Å². The minimum absolute atomic E-state index is 0.0593. The fraction of sp³-hybridized carbons (Fsp3) is 0.250. The minimum Gasteiger partial charge on any atom is -0.480 e. The van der Waals surface area contributed by atoms with E-state index in [0.717, 1.165) is 0 Å². The number of aromatic nitrogens is 4. The molecule has 0 saturated carbocycles. The Morgan fingerprint density at radius 3 is 2.56 bits per heavy atom. The molecule has 130 valence electrons. The van der Waals surface area contributed by atoms with Crippen LogP contribution in [0.2, 0.25) is 0 Å². The molecule has 0 bridgehead atoms. The van der Waals surface area contributed by atoms with E-state index in [2.05, 4.69) is 20.1 Å². The molecular formula is C16H17FN6O2. The first-order chi connectivity index (χ1) is 11.9. The topological polar surface area (TPSA) is 103 Å². The summed E-state index contributed by atoms with van der Waals surface area (Å²) in [7, 11) is 3.60. The molecule has 2 N–H and O–H groups in total. The molecule has 2 heterocycles. The molecule has 3 rings (SSSR count). The quantitative estimate of drug-likeness (QED) is 0.751. The fourth-order valence-corrected chi connectivity index (χ4v) is 2.15. The summed E-state index contributed by atoms with van der Waals surface area (Å²) in [4.78, 5) is 14.1. The highest BCUT2D eigenvalue weighted by molar-refractivity contribution is 5.66. The summed E-state index contributed by atoms with van der Waals surface area (Å²) < 4.78 is 24.1. The molecule has 0 unspecified atom stereocenters. The summed E-state index contributed by atoms with van der Waals surface area (Å²) in [5.74, 6) is 1.53. The number of benzene rings is 1. The van der Waals surface area contributed by atoms with Crippen LogP contribution in [0.5, 0.6) is 5.75 Å². The normalized spacial score (nSPS) is 10.7. The summed E-state index contributed by atoms with van der Waals surface area (Å²) in [6, 6.07) is 5.90. The third-order valence-corrected chi connectivity index (χ3v) is 3.36. The van der Waals surface area contributed by atoms with E-state index in [4.69, 9.17) is 15.0 Å². The van der Waals surface area contributed by atoms with E-state index in [1.165, 1.54) is 12.1 Å². The van der Waals surface area contributed by atoms with Crippen molar-refractivity contribution in [3.05, 3.63) is 41.7 Å². The summed E-state index contributed by atoms with van der Waals surface area (Å²) in [6.07, 6.45) is 0. The summed E-state index contributed by atoms with van der Waals surface area (Å²) in [5.41, 5.74) is 6.86. The summed E-state index contributed by atoms with van der Waals surface area (Å²) in [6.45, 7) is 1.78. The van der Waals surface area contributed by atoms with Crippen molar-refractivity contribution in [2.45, 2.75) is 13.5 Å². The van der Waals surface area contributed by atoms with E-state index < -0.39 is 0 Å². The predicted octanol–water partition coefficient (Wildman–Crippen LogP) is 2.20. The number of hydrogen-bond donors (Lipinski definition) is 1. The van der Waals surface area contributed by atoms with Gasteiger partial charge in [-0.15, -0.1) is 0 Å². The number of nitrogens with zero attached hydrogens (tertiary/aromatic N) is 5. The maximum Gasteiger partial charge on any atom is 0.230 e. The Morgan fingerprint density at radius 2 is 1.88 bits per heavy atom. The van der Waals surface area contributed by atoms with Crippen LogP contribution in [0.1, 0.15) is 11.6 Å². The lowest BCUT2D eigenvalue weighted by Crippen LogP contribution is -2.17. The minimum atomic E-state index is -0.330. The van der Waals surface area contributed by atoms with Crippen LogP contribution in [0.15, 0.2) is 28.8 Å². The zero-order valence-electron chi connectivity index (χ0n) is 14.0. The fourth-order valence-electron chi connectivity index (χ4n) is 2.15. The average Bonchev–Trinajstić information content (AvgIpc) is 2.94. The first-order valence-corrected chi connectivity index (χ1v) is 7.47. The van der Waals surface area contributed by atoms with Gasteiger partial charge in [-0.1, -0.05) is 5.16 Å². The maximum atomic E-state index is 13.1. The van der Waals surface area contributed by atoms with Crippen molar-refractivity contribution >= 4 is 11.9 Å². The van der Waals surface area contributed by atoms with Crippen LogP contribution in [-0.4, -0.2) is 34.2 Å². The Labute approximate surface area is 143 Å². The van der Waals surface area contributed by atoms with Crippen LogP contribution in [0.3, 0.4) is 0 Å². The van der Waals surface area contributed by atoms with Crippen molar-refractivity contribution in [1.29, 1.82) is 0 Å². The van der Waals surface area contributed by atoms with Gasteiger partial charge in [0.25, 0.3) is 0 Å². The molecule has 0 aliphatic heterocycles. The first kappa shape index (κ1) is 16.6. The van der Waals surface area contributed by atoms with Crippen molar-refractivity contribution in [2.75, 3.05) is 24.7 Å². The number of anilines is 2. The highest BCUT2D eigenvalue weighted by Crippen LogP contribution is 2.32. The zero-order valence-corrected chi connectivity index (χ0v) is 14.0. The first-order valence-electron chi connectivity index (χ1n) is 7.47. The van der Waals surface area contributed by atoms with Crippen molar-refractivity contribution in [1.82, 2.24) is 20.1 Å². The molecule has 0 saturated heterocycles. The molecule has 2 aromatic heterocycles. The van der Waals surface area contributed by atoms with Gasteiger partial charge in [0, 0.05) is 26.6 Å². The Morgan fingerprint density at radius 1 is 1.16 bits per heavy atom. The third kappa shape index (κ3) is 3.65. The van der Waals surface area contributed by atoms with Gasteiger partial charge >= 0.3 is 0 Å². The van der Waals surface area contributed by atoms with E-state index in [9.17, 15) is 4.39 Å². The number of halogens is 1. The van der Waals surface area contributed by atoms with Gasteiger partial charge in [-0.2, -0.15) is 15.0 Å².